The summed E-state index contributed by atoms with van der Waals surface area (Å²) in [6.07, 6.45) is 1.25. The van der Waals surface area contributed by atoms with E-state index < -0.39 is 11.5 Å². The van der Waals surface area contributed by atoms with Gasteiger partial charge in [-0.15, -0.1) is 0 Å². The van der Waals surface area contributed by atoms with Crippen molar-refractivity contribution in [3.05, 3.63) is 23.7 Å². The molecule has 1 atom stereocenters. The van der Waals surface area contributed by atoms with Gasteiger partial charge in [0.2, 0.25) is 0 Å². The summed E-state index contributed by atoms with van der Waals surface area (Å²) in [5.74, 6) is -0.602. The molecule has 1 aromatic heterocycles. The molecule has 5 nitrogen and oxygen atoms in total. The predicted molar refractivity (Wildman–Crippen MR) is 66.4 cm³/mol. The minimum atomic E-state index is -0.935. The SMILES string of the molecule is Cc1cc(C(=O)NC(C)(CC(=O)O)C(C)C)co1. The van der Waals surface area contributed by atoms with Crippen molar-refractivity contribution in [2.45, 2.75) is 39.7 Å². The highest BCUT2D eigenvalue weighted by atomic mass is 16.4. The Hall–Kier alpha value is -1.78. The van der Waals surface area contributed by atoms with Crippen molar-refractivity contribution in [2.75, 3.05) is 0 Å². The third-order valence-electron chi connectivity index (χ3n) is 3.18. The van der Waals surface area contributed by atoms with Crippen molar-refractivity contribution in [2.24, 2.45) is 5.92 Å². The fraction of sp³-hybridized carbons (Fsp3) is 0.538. The van der Waals surface area contributed by atoms with Gasteiger partial charge in [-0.25, -0.2) is 0 Å². The number of carboxylic acid groups (broad SMARTS) is 1. The van der Waals surface area contributed by atoms with Crippen LogP contribution < -0.4 is 5.32 Å². The second kappa shape index (κ2) is 5.25. The zero-order valence-corrected chi connectivity index (χ0v) is 11.1. The lowest BCUT2D eigenvalue weighted by Gasteiger charge is -2.33. The van der Waals surface area contributed by atoms with Gasteiger partial charge < -0.3 is 14.8 Å². The first kappa shape index (κ1) is 14.3. The molecule has 0 aromatic carbocycles. The van der Waals surface area contributed by atoms with Crippen LogP contribution >= 0.6 is 0 Å². The van der Waals surface area contributed by atoms with Crippen molar-refractivity contribution in [3.63, 3.8) is 0 Å². The predicted octanol–water partition coefficient (Wildman–Crippen LogP) is 2.21. The van der Waals surface area contributed by atoms with Crippen LogP contribution in [0.2, 0.25) is 0 Å². The number of aliphatic carboxylic acids is 1. The fourth-order valence-electron chi connectivity index (χ4n) is 1.60. The molecule has 0 aliphatic rings. The van der Waals surface area contributed by atoms with E-state index in [4.69, 9.17) is 9.52 Å². The first-order valence-electron chi connectivity index (χ1n) is 5.84. The number of carbonyl (C=O) groups is 2. The van der Waals surface area contributed by atoms with Gasteiger partial charge >= 0.3 is 5.97 Å². The van der Waals surface area contributed by atoms with E-state index in [-0.39, 0.29) is 18.2 Å². The summed E-state index contributed by atoms with van der Waals surface area (Å²) in [6.45, 7) is 7.24. The Morgan fingerprint density at radius 2 is 2.11 bits per heavy atom. The van der Waals surface area contributed by atoms with Crippen molar-refractivity contribution >= 4 is 11.9 Å². The van der Waals surface area contributed by atoms with Crippen LogP contribution in [0.5, 0.6) is 0 Å². The number of hydrogen-bond acceptors (Lipinski definition) is 3. The molecule has 1 heterocycles. The molecule has 1 rings (SSSR count). The van der Waals surface area contributed by atoms with Gasteiger partial charge in [0.05, 0.1) is 17.5 Å². The molecule has 5 heteroatoms. The maximum Gasteiger partial charge on any atom is 0.305 e. The van der Waals surface area contributed by atoms with E-state index in [0.717, 1.165) is 0 Å². The zero-order valence-electron chi connectivity index (χ0n) is 11.1. The first-order chi connectivity index (χ1) is 8.24. The summed E-state index contributed by atoms with van der Waals surface area (Å²) in [5, 5.41) is 11.7. The average molecular weight is 253 g/mol. The second-order valence-electron chi connectivity index (χ2n) is 5.04. The van der Waals surface area contributed by atoms with Crippen LogP contribution in [0.4, 0.5) is 0 Å². The van der Waals surface area contributed by atoms with Gasteiger partial charge in [0.15, 0.2) is 0 Å². The third kappa shape index (κ3) is 3.35. The van der Waals surface area contributed by atoms with Crippen LogP contribution in [0.25, 0.3) is 0 Å². The first-order valence-corrected chi connectivity index (χ1v) is 5.84. The highest BCUT2D eigenvalue weighted by Gasteiger charge is 2.33. The second-order valence-corrected chi connectivity index (χ2v) is 5.04. The minimum Gasteiger partial charge on any atom is -0.481 e. The van der Waals surface area contributed by atoms with Crippen LogP contribution in [0.3, 0.4) is 0 Å². The van der Waals surface area contributed by atoms with Crippen LogP contribution in [0, 0.1) is 12.8 Å². The molecule has 0 saturated carbocycles. The molecule has 0 radical (unpaired) electrons. The van der Waals surface area contributed by atoms with Gasteiger partial charge in [-0.3, -0.25) is 9.59 Å². The Bertz CT molecular complexity index is 450. The Morgan fingerprint density at radius 1 is 1.50 bits per heavy atom. The van der Waals surface area contributed by atoms with Gasteiger partial charge in [-0.05, 0) is 25.8 Å². The summed E-state index contributed by atoms with van der Waals surface area (Å²) in [7, 11) is 0. The molecule has 1 aromatic rings. The van der Waals surface area contributed by atoms with Crippen LogP contribution in [-0.2, 0) is 4.79 Å². The molecular formula is C13H19NO4. The Kier molecular flexibility index (Phi) is 4.16. The van der Waals surface area contributed by atoms with E-state index in [0.29, 0.717) is 11.3 Å². The zero-order chi connectivity index (χ0) is 13.9. The van der Waals surface area contributed by atoms with Crippen molar-refractivity contribution < 1.29 is 19.1 Å². The molecule has 0 fully saturated rings. The van der Waals surface area contributed by atoms with Gasteiger partial charge in [0.1, 0.15) is 12.0 Å². The van der Waals surface area contributed by atoms with Crippen LogP contribution in [-0.4, -0.2) is 22.5 Å². The number of carbonyl (C=O) groups excluding carboxylic acids is 1. The Labute approximate surface area is 106 Å². The lowest BCUT2D eigenvalue weighted by molar-refractivity contribution is -0.138. The highest BCUT2D eigenvalue weighted by Crippen LogP contribution is 2.21. The number of furan rings is 1. The van der Waals surface area contributed by atoms with E-state index in [9.17, 15) is 9.59 Å². The van der Waals surface area contributed by atoms with Gasteiger partial charge in [-0.1, -0.05) is 13.8 Å². The number of rotatable bonds is 5. The molecule has 2 N–H and O–H groups in total. The number of nitrogens with one attached hydrogen (secondary N) is 1. The van der Waals surface area contributed by atoms with E-state index in [2.05, 4.69) is 5.32 Å². The summed E-state index contributed by atoms with van der Waals surface area (Å²) in [5.41, 5.74) is -0.376. The van der Waals surface area contributed by atoms with Gasteiger partial charge in [0, 0.05) is 0 Å². The summed E-state index contributed by atoms with van der Waals surface area (Å²) in [6, 6.07) is 1.62. The molecule has 1 amide bonds. The fourth-order valence-corrected chi connectivity index (χ4v) is 1.60. The van der Waals surface area contributed by atoms with E-state index in [1.807, 2.05) is 13.8 Å². The summed E-state index contributed by atoms with van der Waals surface area (Å²) >= 11 is 0. The monoisotopic (exact) mass is 253 g/mol. The normalized spacial score (nSPS) is 14.3. The average Bonchev–Trinajstić information content (AvgIpc) is 2.63. The molecule has 18 heavy (non-hydrogen) atoms. The molecule has 0 spiro atoms. The van der Waals surface area contributed by atoms with Crippen molar-refractivity contribution in [3.8, 4) is 0 Å². The number of amides is 1. The van der Waals surface area contributed by atoms with Gasteiger partial charge in [-0.2, -0.15) is 0 Å². The molecule has 0 saturated heterocycles. The Balaban J connectivity index is 2.84. The minimum absolute atomic E-state index is 0.00514. The van der Waals surface area contributed by atoms with E-state index in [1.54, 1.807) is 19.9 Å². The lowest BCUT2D eigenvalue weighted by atomic mass is 9.85. The van der Waals surface area contributed by atoms with Crippen LogP contribution in [0.15, 0.2) is 16.7 Å². The largest absolute Gasteiger partial charge is 0.481 e. The molecule has 1 unspecified atom stereocenters. The van der Waals surface area contributed by atoms with Crippen molar-refractivity contribution in [1.82, 2.24) is 5.32 Å². The maximum absolute atomic E-state index is 12.0. The summed E-state index contributed by atoms with van der Waals surface area (Å²) < 4.78 is 5.06. The number of hydrogen-bond donors (Lipinski definition) is 2. The Morgan fingerprint density at radius 3 is 2.50 bits per heavy atom. The third-order valence-corrected chi connectivity index (χ3v) is 3.18. The standard InChI is InChI=1S/C13H19NO4/c1-8(2)13(4,6-11(15)16)14-12(17)10-5-9(3)18-7-10/h5,7-8H,6H2,1-4H3,(H,14,17)(H,15,16). The number of carboxylic acids is 1. The smallest absolute Gasteiger partial charge is 0.305 e. The topological polar surface area (TPSA) is 79.5 Å². The molecule has 100 valence electrons. The van der Waals surface area contributed by atoms with Gasteiger partial charge in [0.25, 0.3) is 5.91 Å². The van der Waals surface area contributed by atoms with Crippen molar-refractivity contribution in [1.29, 1.82) is 0 Å². The van der Waals surface area contributed by atoms with E-state index >= 15 is 0 Å². The summed E-state index contributed by atoms with van der Waals surface area (Å²) in [4.78, 5) is 22.9. The molecule has 0 bridgehead atoms. The van der Waals surface area contributed by atoms with Crippen LogP contribution in [0.1, 0.15) is 43.3 Å². The molecule has 0 aliphatic heterocycles. The number of aryl methyl sites for hydroxylation is 1. The quantitative estimate of drug-likeness (QED) is 0.843. The maximum atomic E-state index is 12.0. The molecular weight excluding hydrogens is 234 g/mol. The van der Waals surface area contributed by atoms with E-state index in [1.165, 1.54) is 6.26 Å². The highest BCUT2D eigenvalue weighted by molar-refractivity contribution is 5.94. The molecule has 0 aliphatic carbocycles. The lowest BCUT2D eigenvalue weighted by Crippen LogP contribution is -2.51.